The van der Waals surface area contributed by atoms with E-state index in [2.05, 4.69) is 5.32 Å². The molecule has 1 aromatic carbocycles. The number of nitrogens with one attached hydrogen (secondary N) is 1. The van der Waals surface area contributed by atoms with Gasteiger partial charge in [0.25, 0.3) is 5.91 Å². The van der Waals surface area contributed by atoms with E-state index in [4.69, 9.17) is 21.4 Å². The van der Waals surface area contributed by atoms with Crippen molar-refractivity contribution in [2.24, 2.45) is 11.6 Å². The standard InChI is InChI=1S/C29H39F2N6O7PS/c1-28(2,41)24(32)15-36(33)19-13-35(14-19)27(40)21-9-8-18-5-3-4-6-20(26(39)37(18)21)34-25(38)23-12-16-11-17(7-10-22(16)46-23)29(30,31)45(42,43)44/h7,10-12,15,18-21,41H,3-6,8-9,13-14,32-33H2,1-2H3,(H,34,38)(H2,42,43,44)/b24-15-/t18-,20-,21-/m0/s1. The van der Waals surface area contributed by atoms with Crippen molar-refractivity contribution in [3.63, 3.8) is 0 Å². The SMILES string of the molecule is CC(C)(O)/C(N)=C/N(N)C1CN(C(=O)[C@@H]2CC[C@@H]3CCCC[C@H](NC(=O)c4cc5cc(C(F)(F)P(=O)(O)O)ccc5s4)C(=O)N32)C1. The molecule has 0 saturated carbocycles. The summed E-state index contributed by atoms with van der Waals surface area (Å²) >= 11 is 1.00. The number of carbonyl (C=O) groups is 3. The number of hydrogen-bond donors (Lipinski definition) is 6. The number of carbonyl (C=O) groups excluding carboxylic acids is 3. The Kier molecular flexibility index (Phi) is 9.27. The Bertz CT molecular complexity index is 1600. The van der Waals surface area contributed by atoms with Gasteiger partial charge in [-0.05, 0) is 63.1 Å². The van der Waals surface area contributed by atoms with Crippen LogP contribution in [0.5, 0.6) is 0 Å². The molecule has 17 heteroatoms. The predicted octanol–water partition coefficient (Wildman–Crippen LogP) is 2.12. The first-order valence-corrected chi connectivity index (χ1v) is 17.4. The van der Waals surface area contributed by atoms with Crippen LogP contribution in [0.25, 0.3) is 10.1 Å². The number of halogens is 2. The van der Waals surface area contributed by atoms with Gasteiger partial charge < -0.3 is 40.8 Å². The van der Waals surface area contributed by atoms with Crippen LogP contribution in [-0.2, 0) is 19.8 Å². The number of nitrogens with two attached hydrogens (primary N) is 2. The molecule has 3 amide bonds. The lowest BCUT2D eigenvalue weighted by molar-refractivity contribution is -0.151. The highest BCUT2D eigenvalue weighted by Crippen LogP contribution is 2.59. The third-order valence-corrected chi connectivity index (χ3v) is 11.1. The van der Waals surface area contributed by atoms with Gasteiger partial charge in [0.05, 0.1) is 22.2 Å². The third kappa shape index (κ3) is 6.64. The predicted molar refractivity (Wildman–Crippen MR) is 166 cm³/mol. The van der Waals surface area contributed by atoms with Crippen molar-refractivity contribution in [3.8, 4) is 0 Å². The molecule has 0 aliphatic carbocycles. The van der Waals surface area contributed by atoms with Crippen LogP contribution in [0.4, 0.5) is 8.78 Å². The lowest BCUT2D eigenvalue weighted by atomic mass is 9.98. The van der Waals surface area contributed by atoms with Crippen LogP contribution in [0.3, 0.4) is 0 Å². The van der Waals surface area contributed by atoms with Crippen LogP contribution in [0, 0.1) is 0 Å². The summed E-state index contributed by atoms with van der Waals surface area (Å²) in [4.78, 5) is 62.4. The number of hydrazine groups is 1. The van der Waals surface area contributed by atoms with E-state index in [-0.39, 0.29) is 39.9 Å². The molecular formula is C29H39F2N6O7PS. The van der Waals surface area contributed by atoms with E-state index in [1.165, 1.54) is 37.2 Å². The molecule has 46 heavy (non-hydrogen) atoms. The maximum atomic E-state index is 14.3. The second kappa shape index (κ2) is 12.5. The van der Waals surface area contributed by atoms with Gasteiger partial charge in [-0.15, -0.1) is 11.3 Å². The summed E-state index contributed by atoms with van der Waals surface area (Å²) in [5.74, 6) is 4.96. The monoisotopic (exact) mass is 684 g/mol. The largest absolute Gasteiger partial charge is 0.399 e. The average molecular weight is 685 g/mol. The van der Waals surface area contributed by atoms with Crippen molar-refractivity contribution in [2.75, 3.05) is 13.1 Å². The van der Waals surface area contributed by atoms with Crippen molar-refractivity contribution in [1.29, 1.82) is 0 Å². The molecule has 4 heterocycles. The molecule has 1 aromatic heterocycles. The van der Waals surface area contributed by atoms with E-state index in [1.54, 1.807) is 9.80 Å². The molecule has 5 rings (SSSR count). The highest BCUT2D eigenvalue weighted by Gasteiger charge is 2.50. The fourth-order valence-electron chi connectivity index (χ4n) is 6.11. The summed E-state index contributed by atoms with van der Waals surface area (Å²) < 4.78 is 40.3. The van der Waals surface area contributed by atoms with Crippen LogP contribution in [0.15, 0.2) is 36.2 Å². The van der Waals surface area contributed by atoms with Crippen molar-refractivity contribution >= 4 is 46.7 Å². The van der Waals surface area contributed by atoms with Gasteiger partial charge in [0, 0.05) is 35.6 Å². The number of amides is 3. The number of fused-ring (bicyclic) bond motifs is 2. The highest BCUT2D eigenvalue weighted by atomic mass is 32.1. The zero-order chi connectivity index (χ0) is 33.8. The number of nitrogens with zero attached hydrogens (tertiary/aromatic N) is 3. The van der Waals surface area contributed by atoms with Gasteiger partial charge in [-0.25, -0.2) is 5.84 Å². The Morgan fingerprint density at radius 2 is 1.80 bits per heavy atom. The van der Waals surface area contributed by atoms with E-state index < -0.39 is 42.4 Å². The molecule has 8 N–H and O–H groups in total. The smallest absolute Gasteiger partial charge is 0.398 e. The Hall–Kier alpha value is -3.14. The lowest BCUT2D eigenvalue weighted by Crippen LogP contribution is -2.65. The fraction of sp³-hybridized carbons (Fsp3) is 0.552. The van der Waals surface area contributed by atoms with Crippen molar-refractivity contribution in [1.82, 2.24) is 20.1 Å². The van der Waals surface area contributed by atoms with E-state index >= 15 is 0 Å². The van der Waals surface area contributed by atoms with E-state index in [1.807, 2.05) is 0 Å². The van der Waals surface area contributed by atoms with E-state index in [9.17, 15) is 32.8 Å². The van der Waals surface area contributed by atoms with Gasteiger partial charge in [0.2, 0.25) is 11.8 Å². The van der Waals surface area contributed by atoms with E-state index in [0.717, 1.165) is 36.3 Å². The number of aliphatic hydroxyl groups is 1. The van der Waals surface area contributed by atoms with Crippen molar-refractivity contribution in [2.45, 2.75) is 87.8 Å². The first kappa shape index (κ1) is 34.2. The Morgan fingerprint density at radius 1 is 1.13 bits per heavy atom. The van der Waals surface area contributed by atoms with Gasteiger partial charge in [0.1, 0.15) is 12.1 Å². The zero-order valence-electron chi connectivity index (χ0n) is 25.4. The number of thiophene rings is 1. The van der Waals surface area contributed by atoms with E-state index in [0.29, 0.717) is 43.5 Å². The Labute approximate surface area is 268 Å². The first-order chi connectivity index (χ1) is 21.4. The summed E-state index contributed by atoms with van der Waals surface area (Å²) in [6, 6.07) is 2.53. The van der Waals surface area contributed by atoms with Crippen molar-refractivity contribution in [3.05, 3.63) is 46.6 Å². The number of benzene rings is 1. The number of alkyl halides is 2. The van der Waals surface area contributed by atoms with Crippen molar-refractivity contribution < 1.29 is 42.6 Å². The summed E-state index contributed by atoms with van der Waals surface area (Å²) in [7, 11) is -5.77. The van der Waals surface area contributed by atoms with Gasteiger partial charge in [-0.1, -0.05) is 18.9 Å². The minimum Gasteiger partial charge on any atom is -0.398 e. The minimum atomic E-state index is -5.77. The van der Waals surface area contributed by atoms with Crippen LogP contribution in [0.2, 0.25) is 0 Å². The Balaban J connectivity index is 1.27. The van der Waals surface area contributed by atoms with Gasteiger partial charge in [-0.3, -0.25) is 18.9 Å². The second-order valence-electron chi connectivity index (χ2n) is 12.7. The van der Waals surface area contributed by atoms with Gasteiger partial charge in [-0.2, -0.15) is 8.78 Å². The molecular weight excluding hydrogens is 645 g/mol. The fourth-order valence-corrected chi connectivity index (χ4v) is 7.53. The van der Waals surface area contributed by atoms with Crippen LogP contribution in [-0.4, -0.2) is 90.3 Å². The number of hydrogen-bond acceptors (Lipinski definition) is 9. The summed E-state index contributed by atoms with van der Waals surface area (Å²) in [6.07, 6.45) is 5.20. The van der Waals surface area contributed by atoms with Crippen LogP contribution in [0.1, 0.15) is 67.6 Å². The topological polar surface area (TPSA) is 203 Å². The minimum absolute atomic E-state index is 0.141. The molecule has 3 saturated heterocycles. The molecule has 3 atom stereocenters. The summed E-state index contributed by atoms with van der Waals surface area (Å²) in [5, 5.41) is 14.4. The molecule has 3 fully saturated rings. The third-order valence-electron chi connectivity index (χ3n) is 8.97. The highest BCUT2D eigenvalue weighted by molar-refractivity contribution is 7.52. The van der Waals surface area contributed by atoms with Gasteiger partial charge in [0.15, 0.2) is 0 Å². The molecule has 3 aliphatic heterocycles. The summed E-state index contributed by atoms with van der Waals surface area (Å²) in [5.41, 5.74) is -0.428. The molecule has 0 spiro atoms. The normalized spacial score (nSPS) is 23.5. The zero-order valence-corrected chi connectivity index (χ0v) is 27.1. The average Bonchev–Trinajstić information content (AvgIpc) is 3.55. The second-order valence-corrected chi connectivity index (χ2v) is 15.5. The molecule has 252 valence electrons. The molecule has 3 aliphatic rings. The van der Waals surface area contributed by atoms with Gasteiger partial charge >= 0.3 is 13.3 Å². The maximum absolute atomic E-state index is 14.3. The molecule has 13 nitrogen and oxygen atoms in total. The lowest BCUT2D eigenvalue weighted by Gasteiger charge is -2.45. The molecule has 0 unspecified atom stereocenters. The van der Waals surface area contributed by atoms with Crippen LogP contribution >= 0.6 is 18.9 Å². The number of rotatable bonds is 8. The molecule has 0 radical (unpaired) electrons. The molecule has 0 bridgehead atoms. The Morgan fingerprint density at radius 3 is 2.46 bits per heavy atom. The first-order valence-electron chi connectivity index (χ1n) is 15.0. The maximum Gasteiger partial charge on any atom is 0.399 e. The van der Waals surface area contributed by atoms with Crippen LogP contribution < -0.4 is 16.9 Å². The molecule has 2 aromatic rings. The quantitative estimate of drug-likeness (QED) is 0.136. The number of likely N-dealkylation sites (tertiary alicyclic amines) is 1. The summed E-state index contributed by atoms with van der Waals surface area (Å²) in [6.45, 7) is 3.72.